The molecule has 0 saturated heterocycles. The number of aliphatic hydroxyl groups excluding tert-OH is 1. The highest BCUT2D eigenvalue weighted by atomic mass is 16.4. The second kappa shape index (κ2) is 10.1. The third-order valence-electron chi connectivity index (χ3n) is 4.59. The first-order valence-electron chi connectivity index (χ1n) is 8.96. The Morgan fingerprint density at radius 3 is 2.79 bits per heavy atom. The highest BCUT2D eigenvalue weighted by Crippen LogP contribution is 2.29. The molecule has 1 saturated carbocycles. The number of benzene rings is 1. The number of aryl methyl sites for hydroxylation is 1. The second-order valence-corrected chi connectivity index (χ2v) is 6.68. The van der Waals surface area contributed by atoms with E-state index in [0.29, 0.717) is 5.92 Å². The Morgan fingerprint density at radius 2 is 2.04 bits per heavy atom. The van der Waals surface area contributed by atoms with Crippen LogP contribution in [0.1, 0.15) is 50.5 Å². The number of hydrogen-bond acceptors (Lipinski definition) is 2. The molecule has 2 atom stereocenters. The van der Waals surface area contributed by atoms with Crippen LogP contribution in [0.3, 0.4) is 0 Å². The van der Waals surface area contributed by atoms with Gasteiger partial charge in [0.15, 0.2) is 0 Å². The van der Waals surface area contributed by atoms with E-state index in [1.54, 1.807) is 0 Å². The lowest BCUT2D eigenvalue weighted by Crippen LogP contribution is -2.09. The van der Waals surface area contributed by atoms with Crippen LogP contribution in [0, 0.1) is 5.92 Å². The predicted molar refractivity (Wildman–Crippen MR) is 96.8 cm³/mol. The van der Waals surface area contributed by atoms with Gasteiger partial charge < -0.3 is 10.2 Å². The number of unbranched alkanes of at least 4 members (excludes halogenated alkanes) is 1. The van der Waals surface area contributed by atoms with Crippen molar-refractivity contribution in [2.45, 2.75) is 57.5 Å². The molecule has 2 rings (SSSR count). The normalized spacial score (nSPS) is 21.2. The lowest BCUT2D eigenvalue weighted by molar-refractivity contribution is -0.131. The summed E-state index contributed by atoms with van der Waals surface area (Å²) in [6, 6.07) is 10.4. The Bertz CT molecular complexity index is 560. The summed E-state index contributed by atoms with van der Waals surface area (Å²) in [5, 5.41) is 18.9. The summed E-state index contributed by atoms with van der Waals surface area (Å²) >= 11 is 0. The van der Waals surface area contributed by atoms with Crippen molar-refractivity contribution in [2.24, 2.45) is 5.92 Å². The predicted octanol–water partition coefficient (Wildman–Crippen LogP) is 4.52. The van der Waals surface area contributed by atoms with Gasteiger partial charge in [-0.1, -0.05) is 54.5 Å². The Morgan fingerprint density at radius 1 is 1.25 bits per heavy atom. The van der Waals surface area contributed by atoms with Gasteiger partial charge in [0.1, 0.15) is 0 Å². The lowest BCUT2D eigenvalue weighted by Gasteiger charge is -2.21. The smallest absolute Gasteiger partial charge is 0.328 e. The van der Waals surface area contributed by atoms with E-state index >= 15 is 0 Å². The van der Waals surface area contributed by atoms with E-state index in [1.807, 2.05) is 12.1 Å². The molecule has 0 bridgehead atoms. The van der Waals surface area contributed by atoms with Gasteiger partial charge in [-0.3, -0.25) is 0 Å². The lowest BCUT2D eigenvalue weighted by atomic mass is 9.85. The molecule has 0 aromatic heterocycles. The summed E-state index contributed by atoms with van der Waals surface area (Å²) in [7, 11) is 0. The molecule has 0 radical (unpaired) electrons. The molecule has 2 N–H and O–H groups in total. The van der Waals surface area contributed by atoms with E-state index in [0.717, 1.165) is 56.9 Å². The summed E-state index contributed by atoms with van der Waals surface area (Å²) in [4.78, 5) is 10.8. The number of aliphatic carboxylic acids is 1. The fourth-order valence-electron chi connectivity index (χ4n) is 3.31. The van der Waals surface area contributed by atoms with E-state index < -0.39 is 12.1 Å². The monoisotopic (exact) mass is 328 g/mol. The van der Waals surface area contributed by atoms with Gasteiger partial charge in [-0.2, -0.15) is 0 Å². The second-order valence-electron chi connectivity index (χ2n) is 6.68. The Labute approximate surface area is 144 Å². The third kappa shape index (κ3) is 7.14. The molecule has 0 heterocycles. The first-order valence-corrected chi connectivity index (χ1v) is 8.96. The summed E-state index contributed by atoms with van der Waals surface area (Å²) in [6.07, 6.45) is 12.7. The van der Waals surface area contributed by atoms with Gasteiger partial charge in [0.05, 0.1) is 6.10 Å². The largest absolute Gasteiger partial charge is 0.478 e. The van der Waals surface area contributed by atoms with Gasteiger partial charge in [-0.15, -0.1) is 0 Å². The fourth-order valence-corrected chi connectivity index (χ4v) is 3.31. The molecule has 1 unspecified atom stereocenters. The Kier molecular flexibility index (Phi) is 7.76. The van der Waals surface area contributed by atoms with Crippen molar-refractivity contribution in [1.82, 2.24) is 0 Å². The molecular formula is C21H28O3. The SMILES string of the molecule is O=C(O)/C=C1/CCC[C@H](/C=C/C(O)CCCCc2ccccc2)C1. The maximum absolute atomic E-state index is 10.8. The van der Waals surface area contributed by atoms with E-state index in [9.17, 15) is 9.90 Å². The van der Waals surface area contributed by atoms with Crippen molar-refractivity contribution in [3.05, 3.63) is 59.7 Å². The minimum atomic E-state index is -0.854. The number of hydrogen-bond donors (Lipinski definition) is 2. The zero-order valence-corrected chi connectivity index (χ0v) is 14.2. The first-order chi connectivity index (χ1) is 11.6. The number of allylic oxidation sites excluding steroid dienone is 2. The Balaban J connectivity index is 1.67. The highest BCUT2D eigenvalue weighted by Gasteiger charge is 2.15. The average molecular weight is 328 g/mol. The standard InChI is InChI=1S/C21H28O3/c22-20(12-5-4-9-17-7-2-1-3-8-17)14-13-18-10-6-11-19(15-18)16-21(23)24/h1-3,7-8,13-14,16,18,20,22H,4-6,9-12,15H2,(H,23,24)/b14-13+,19-16-/t18-,20?/m1/s1. The molecule has 24 heavy (non-hydrogen) atoms. The summed E-state index contributed by atoms with van der Waals surface area (Å²) in [5.41, 5.74) is 2.36. The molecule has 0 spiro atoms. The molecule has 130 valence electrons. The maximum atomic E-state index is 10.8. The molecule has 1 aliphatic carbocycles. The Hall–Kier alpha value is -1.87. The van der Waals surface area contributed by atoms with E-state index in [-0.39, 0.29) is 0 Å². The van der Waals surface area contributed by atoms with Crippen molar-refractivity contribution >= 4 is 5.97 Å². The number of aliphatic hydroxyl groups is 1. The van der Waals surface area contributed by atoms with Gasteiger partial charge in [0, 0.05) is 6.08 Å². The number of carboxylic acid groups (broad SMARTS) is 1. The van der Waals surface area contributed by atoms with E-state index in [1.165, 1.54) is 11.6 Å². The first kappa shape index (κ1) is 18.5. The van der Waals surface area contributed by atoms with Crippen molar-refractivity contribution in [3.63, 3.8) is 0 Å². The van der Waals surface area contributed by atoms with Gasteiger partial charge in [0.2, 0.25) is 0 Å². The number of rotatable bonds is 8. The van der Waals surface area contributed by atoms with Gasteiger partial charge >= 0.3 is 5.97 Å². The van der Waals surface area contributed by atoms with E-state index in [4.69, 9.17) is 5.11 Å². The van der Waals surface area contributed by atoms with Crippen LogP contribution in [0.4, 0.5) is 0 Å². The number of carbonyl (C=O) groups is 1. The molecule has 1 fully saturated rings. The topological polar surface area (TPSA) is 57.5 Å². The van der Waals surface area contributed by atoms with Crippen LogP contribution in [0.2, 0.25) is 0 Å². The molecule has 1 aromatic carbocycles. The minimum Gasteiger partial charge on any atom is -0.478 e. The van der Waals surface area contributed by atoms with Crippen molar-refractivity contribution in [2.75, 3.05) is 0 Å². The van der Waals surface area contributed by atoms with Crippen molar-refractivity contribution in [1.29, 1.82) is 0 Å². The minimum absolute atomic E-state index is 0.364. The van der Waals surface area contributed by atoms with E-state index in [2.05, 4.69) is 30.3 Å². The quantitative estimate of drug-likeness (QED) is 0.419. The van der Waals surface area contributed by atoms with Crippen LogP contribution in [0.5, 0.6) is 0 Å². The van der Waals surface area contributed by atoms with Gasteiger partial charge in [-0.05, 0) is 56.4 Å². The molecule has 1 aliphatic rings. The summed E-state index contributed by atoms with van der Waals surface area (Å²) in [6.45, 7) is 0. The molecule has 0 amide bonds. The van der Waals surface area contributed by atoms with Crippen LogP contribution in [-0.4, -0.2) is 22.3 Å². The summed E-state index contributed by atoms with van der Waals surface area (Å²) in [5.74, 6) is -0.489. The zero-order valence-electron chi connectivity index (χ0n) is 14.2. The highest BCUT2D eigenvalue weighted by molar-refractivity contribution is 5.80. The third-order valence-corrected chi connectivity index (χ3v) is 4.59. The van der Waals surface area contributed by atoms with Gasteiger partial charge in [0.25, 0.3) is 0 Å². The van der Waals surface area contributed by atoms with Crippen molar-refractivity contribution in [3.8, 4) is 0 Å². The summed E-state index contributed by atoms with van der Waals surface area (Å²) < 4.78 is 0. The number of carboxylic acids is 1. The van der Waals surface area contributed by atoms with Crippen LogP contribution in [0.25, 0.3) is 0 Å². The van der Waals surface area contributed by atoms with Crippen LogP contribution in [-0.2, 0) is 11.2 Å². The zero-order chi connectivity index (χ0) is 17.2. The van der Waals surface area contributed by atoms with Gasteiger partial charge in [-0.25, -0.2) is 4.79 Å². The molecule has 1 aromatic rings. The van der Waals surface area contributed by atoms with Crippen LogP contribution in [0.15, 0.2) is 54.1 Å². The van der Waals surface area contributed by atoms with Crippen LogP contribution >= 0.6 is 0 Å². The average Bonchev–Trinajstić information content (AvgIpc) is 2.58. The molecule has 0 aliphatic heterocycles. The van der Waals surface area contributed by atoms with Crippen molar-refractivity contribution < 1.29 is 15.0 Å². The molecule has 3 nitrogen and oxygen atoms in total. The molecular weight excluding hydrogens is 300 g/mol. The van der Waals surface area contributed by atoms with Crippen LogP contribution < -0.4 is 0 Å². The fraction of sp³-hybridized carbons (Fsp3) is 0.476. The molecule has 3 heteroatoms. The maximum Gasteiger partial charge on any atom is 0.328 e.